The second kappa shape index (κ2) is 6.51. The van der Waals surface area contributed by atoms with Crippen LogP contribution in [0.1, 0.15) is 18.2 Å². The molecule has 0 fully saturated rings. The van der Waals surface area contributed by atoms with E-state index in [9.17, 15) is 9.90 Å². The van der Waals surface area contributed by atoms with Gasteiger partial charge in [-0.05, 0) is 37.6 Å². The van der Waals surface area contributed by atoms with Gasteiger partial charge in [-0.1, -0.05) is 0 Å². The molecule has 0 atom stereocenters. The number of benzene rings is 1. The molecule has 0 radical (unpaired) electrons. The Morgan fingerprint density at radius 1 is 1.48 bits per heavy atom. The summed E-state index contributed by atoms with van der Waals surface area (Å²) in [4.78, 5) is 13.8. The number of nitrogens with zero attached hydrogens (tertiary/aromatic N) is 3. The molecule has 0 saturated carbocycles. The molecule has 0 aliphatic heterocycles. The van der Waals surface area contributed by atoms with E-state index in [1.807, 2.05) is 6.92 Å². The molecule has 1 heterocycles. The Balaban J connectivity index is 2.08. The zero-order valence-corrected chi connectivity index (χ0v) is 11.6. The summed E-state index contributed by atoms with van der Waals surface area (Å²) in [5.41, 5.74) is 3.23. The molecule has 3 N–H and O–H groups in total. The molecule has 0 unspecified atom stereocenters. The summed E-state index contributed by atoms with van der Waals surface area (Å²) in [6, 6.07) is 4.83. The fourth-order valence-corrected chi connectivity index (χ4v) is 1.49. The van der Waals surface area contributed by atoms with Crippen molar-refractivity contribution in [2.45, 2.75) is 13.8 Å². The van der Waals surface area contributed by atoms with Crippen molar-refractivity contribution in [3.63, 3.8) is 0 Å². The number of rotatable bonds is 5. The predicted octanol–water partition coefficient (Wildman–Crippen LogP) is 1.02. The minimum Gasteiger partial charge on any atom is -0.504 e. The number of aromatic amines is 1. The van der Waals surface area contributed by atoms with E-state index in [4.69, 9.17) is 4.74 Å². The maximum atomic E-state index is 11.3. The van der Waals surface area contributed by atoms with Gasteiger partial charge in [0.15, 0.2) is 11.5 Å². The number of phenols is 1. The van der Waals surface area contributed by atoms with Crippen LogP contribution in [0, 0.1) is 6.92 Å². The monoisotopic (exact) mass is 289 g/mol. The van der Waals surface area contributed by atoms with Crippen molar-refractivity contribution in [3.8, 4) is 11.5 Å². The van der Waals surface area contributed by atoms with E-state index in [1.165, 1.54) is 12.3 Å². The Kier molecular flexibility index (Phi) is 4.50. The highest BCUT2D eigenvalue weighted by atomic mass is 16.5. The number of phenolic OH excluding ortho intramolecular Hbond substituents is 1. The van der Waals surface area contributed by atoms with E-state index >= 15 is 0 Å². The SMILES string of the molecule is CCOc1cc(/C=N/Nc2nnc(C)c(=O)[nH]2)ccc1O. The van der Waals surface area contributed by atoms with Crippen LogP contribution < -0.4 is 15.7 Å². The van der Waals surface area contributed by atoms with Crippen molar-refractivity contribution in [1.82, 2.24) is 15.2 Å². The molecule has 8 heteroatoms. The van der Waals surface area contributed by atoms with E-state index in [0.717, 1.165) is 0 Å². The molecule has 2 rings (SSSR count). The molecule has 0 spiro atoms. The highest BCUT2D eigenvalue weighted by molar-refractivity contribution is 5.81. The Morgan fingerprint density at radius 2 is 2.29 bits per heavy atom. The summed E-state index contributed by atoms with van der Waals surface area (Å²) >= 11 is 0. The number of hydrazone groups is 1. The smallest absolute Gasteiger partial charge is 0.274 e. The first-order valence-corrected chi connectivity index (χ1v) is 6.28. The number of hydrogen-bond donors (Lipinski definition) is 3. The minimum absolute atomic E-state index is 0.0655. The van der Waals surface area contributed by atoms with Gasteiger partial charge in [-0.3, -0.25) is 9.78 Å². The molecule has 0 amide bonds. The zero-order valence-electron chi connectivity index (χ0n) is 11.6. The number of aryl methyl sites for hydroxylation is 1. The Bertz CT molecular complexity index is 711. The van der Waals surface area contributed by atoms with Crippen LogP contribution in [0.25, 0.3) is 0 Å². The number of anilines is 1. The van der Waals surface area contributed by atoms with E-state index < -0.39 is 0 Å². The topological polar surface area (TPSA) is 112 Å². The van der Waals surface area contributed by atoms with Crippen LogP contribution in [0.3, 0.4) is 0 Å². The number of aromatic nitrogens is 3. The molecule has 1 aromatic heterocycles. The lowest BCUT2D eigenvalue weighted by Gasteiger charge is -2.05. The van der Waals surface area contributed by atoms with Gasteiger partial charge in [0.05, 0.1) is 12.8 Å². The third-order valence-electron chi connectivity index (χ3n) is 2.53. The Labute approximate surface area is 120 Å². The molecule has 2 aromatic rings. The molecular formula is C13H15N5O3. The van der Waals surface area contributed by atoms with Crippen LogP contribution in [0.15, 0.2) is 28.1 Å². The first-order valence-electron chi connectivity index (χ1n) is 6.28. The maximum absolute atomic E-state index is 11.3. The molecule has 110 valence electrons. The summed E-state index contributed by atoms with van der Waals surface area (Å²) in [6.45, 7) is 3.84. The lowest BCUT2D eigenvalue weighted by Crippen LogP contribution is -2.15. The van der Waals surface area contributed by atoms with Gasteiger partial charge in [0.25, 0.3) is 5.56 Å². The standard InChI is InChI=1S/C13H15N5O3/c1-3-21-11-6-9(4-5-10(11)19)7-14-17-13-15-12(20)8(2)16-18-13/h4-7,19H,3H2,1-2H3,(H2,15,17,18,20)/b14-7+. The van der Waals surface area contributed by atoms with Crippen molar-refractivity contribution < 1.29 is 9.84 Å². The number of aromatic hydroxyl groups is 1. The summed E-state index contributed by atoms with van der Waals surface area (Å²) < 4.78 is 5.27. The lowest BCUT2D eigenvalue weighted by molar-refractivity contribution is 0.318. The predicted molar refractivity (Wildman–Crippen MR) is 77.9 cm³/mol. The summed E-state index contributed by atoms with van der Waals surface area (Å²) in [6.07, 6.45) is 1.50. The second-order valence-corrected chi connectivity index (χ2v) is 4.12. The largest absolute Gasteiger partial charge is 0.504 e. The highest BCUT2D eigenvalue weighted by Crippen LogP contribution is 2.26. The van der Waals surface area contributed by atoms with E-state index in [2.05, 4.69) is 25.7 Å². The Morgan fingerprint density at radius 3 is 3.00 bits per heavy atom. The molecule has 1 aromatic carbocycles. The summed E-state index contributed by atoms with van der Waals surface area (Å²) in [7, 11) is 0. The van der Waals surface area contributed by atoms with Crippen molar-refractivity contribution >= 4 is 12.2 Å². The highest BCUT2D eigenvalue weighted by Gasteiger charge is 2.02. The van der Waals surface area contributed by atoms with Gasteiger partial charge in [0, 0.05) is 0 Å². The molecule has 8 nitrogen and oxygen atoms in total. The minimum atomic E-state index is -0.328. The number of H-pyrrole nitrogens is 1. The van der Waals surface area contributed by atoms with E-state index in [-0.39, 0.29) is 23.0 Å². The average molecular weight is 289 g/mol. The second-order valence-electron chi connectivity index (χ2n) is 4.12. The Hall–Kier alpha value is -2.90. The fourth-order valence-electron chi connectivity index (χ4n) is 1.49. The van der Waals surface area contributed by atoms with Gasteiger partial charge in [0.2, 0.25) is 5.95 Å². The molecule has 0 aliphatic rings. The third kappa shape index (κ3) is 3.78. The molecule has 0 bridgehead atoms. The first kappa shape index (κ1) is 14.5. The average Bonchev–Trinajstić information content (AvgIpc) is 2.46. The molecule has 21 heavy (non-hydrogen) atoms. The van der Waals surface area contributed by atoms with E-state index in [1.54, 1.807) is 19.1 Å². The van der Waals surface area contributed by atoms with Crippen molar-refractivity contribution in [1.29, 1.82) is 0 Å². The van der Waals surface area contributed by atoms with Gasteiger partial charge < -0.3 is 9.84 Å². The summed E-state index contributed by atoms with van der Waals surface area (Å²) in [5.74, 6) is 0.589. The quantitative estimate of drug-likeness (QED) is 0.559. The van der Waals surface area contributed by atoms with E-state index in [0.29, 0.717) is 17.9 Å². The van der Waals surface area contributed by atoms with Crippen LogP contribution in [0.5, 0.6) is 11.5 Å². The third-order valence-corrected chi connectivity index (χ3v) is 2.53. The van der Waals surface area contributed by atoms with Crippen molar-refractivity contribution in [3.05, 3.63) is 39.8 Å². The maximum Gasteiger partial charge on any atom is 0.274 e. The number of ether oxygens (including phenoxy) is 1. The van der Waals surface area contributed by atoms with Crippen LogP contribution in [-0.2, 0) is 0 Å². The van der Waals surface area contributed by atoms with Gasteiger partial charge in [-0.15, -0.1) is 10.2 Å². The van der Waals surface area contributed by atoms with Crippen LogP contribution >= 0.6 is 0 Å². The van der Waals surface area contributed by atoms with Crippen molar-refractivity contribution in [2.75, 3.05) is 12.0 Å². The normalized spacial score (nSPS) is 10.8. The number of hydrogen-bond acceptors (Lipinski definition) is 7. The van der Waals surface area contributed by atoms with Crippen LogP contribution in [0.4, 0.5) is 5.95 Å². The lowest BCUT2D eigenvalue weighted by atomic mass is 10.2. The summed E-state index contributed by atoms with van der Waals surface area (Å²) in [5, 5.41) is 20.9. The van der Waals surface area contributed by atoms with Crippen LogP contribution in [-0.4, -0.2) is 33.1 Å². The van der Waals surface area contributed by atoms with Gasteiger partial charge in [-0.25, -0.2) is 5.43 Å². The molecule has 0 saturated heterocycles. The fraction of sp³-hybridized carbons (Fsp3) is 0.231. The van der Waals surface area contributed by atoms with Crippen LogP contribution in [0.2, 0.25) is 0 Å². The zero-order chi connectivity index (χ0) is 15.2. The van der Waals surface area contributed by atoms with Crippen molar-refractivity contribution in [2.24, 2.45) is 5.10 Å². The van der Waals surface area contributed by atoms with Gasteiger partial charge in [0.1, 0.15) is 5.69 Å². The van der Waals surface area contributed by atoms with Gasteiger partial charge in [-0.2, -0.15) is 5.10 Å². The molecule has 0 aliphatic carbocycles. The first-order chi connectivity index (χ1) is 10.1. The van der Waals surface area contributed by atoms with Gasteiger partial charge >= 0.3 is 0 Å². The number of nitrogens with one attached hydrogen (secondary N) is 2. The molecular weight excluding hydrogens is 274 g/mol.